The second kappa shape index (κ2) is 4.51. The van der Waals surface area contributed by atoms with Gasteiger partial charge in [-0.1, -0.05) is 0 Å². The van der Waals surface area contributed by atoms with Gasteiger partial charge in [0.2, 0.25) is 5.82 Å². The van der Waals surface area contributed by atoms with E-state index in [0.29, 0.717) is 5.46 Å². The molecule has 1 fully saturated rings. The molecular formula is C12H15BF2O3. The highest BCUT2D eigenvalue weighted by atomic mass is 19.2. The fraction of sp³-hybridized carbons (Fsp3) is 0.500. The molecule has 1 unspecified atom stereocenters. The molecule has 1 atom stereocenters. The number of rotatable bonds is 2. The number of hydrogen-bond acceptors (Lipinski definition) is 3. The first-order valence-corrected chi connectivity index (χ1v) is 5.71. The first kappa shape index (κ1) is 13.3. The van der Waals surface area contributed by atoms with E-state index in [0.717, 1.165) is 6.07 Å². The molecule has 2 rings (SSSR count). The Labute approximate surface area is 105 Å². The van der Waals surface area contributed by atoms with Crippen LogP contribution in [0.1, 0.15) is 20.8 Å². The van der Waals surface area contributed by atoms with Gasteiger partial charge in [-0.15, -0.1) is 0 Å². The maximum atomic E-state index is 13.4. The van der Waals surface area contributed by atoms with Crippen molar-refractivity contribution in [3.63, 3.8) is 0 Å². The third-order valence-corrected chi connectivity index (χ3v) is 3.23. The number of hydrogen-bond donors (Lipinski definition) is 0. The molecule has 18 heavy (non-hydrogen) atoms. The Bertz CT molecular complexity index is 465. The lowest BCUT2D eigenvalue weighted by molar-refractivity contribution is 0.0842. The molecule has 0 aromatic heterocycles. The summed E-state index contributed by atoms with van der Waals surface area (Å²) in [7, 11) is 0.573. The van der Waals surface area contributed by atoms with Crippen LogP contribution in [0.25, 0.3) is 0 Å². The predicted molar refractivity (Wildman–Crippen MR) is 64.0 cm³/mol. The Morgan fingerprint density at radius 2 is 2.00 bits per heavy atom. The summed E-state index contributed by atoms with van der Waals surface area (Å²) in [5.74, 6) is -2.14. The van der Waals surface area contributed by atoms with Crippen LogP contribution in [0.5, 0.6) is 5.75 Å². The van der Waals surface area contributed by atoms with Gasteiger partial charge < -0.3 is 14.0 Å². The van der Waals surface area contributed by atoms with Crippen molar-refractivity contribution in [3.8, 4) is 5.75 Å². The molecule has 1 aliphatic rings. The number of ether oxygens (including phenoxy) is 1. The van der Waals surface area contributed by atoms with Crippen molar-refractivity contribution in [2.75, 3.05) is 7.11 Å². The SMILES string of the molecule is COc1cc(B2OC(C)C(C)(C)O2)cc(F)c1F. The Balaban J connectivity index is 2.33. The average molecular weight is 256 g/mol. The van der Waals surface area contributed by atoms with Gasteiger partial charge in [0.15, 0.2) is 11.6 Å². The van der Waals surface area contributed by atoms with Crippen molar-refractivity contribution in [2.24, 2.45) is 0 Å². The lowest BCUT2D eigenvalue weighted by Crippen LogP contribution is -2.35. The van der Waals surface area contributed by atoms with E-state index in [-0.39, 0.29) is 11.9 Å². The molecule has 0 aliphatic carbocycles. The van der Waals surface area contributed by atoms with Crippen molar-refractivity contribution in [1.82, 2.24) is 0 Å². The van der Waals surface area contributed by atoms with Crippen molar-refractivity contribution in [2.45, 2.75) is 32.5 Å². The highest BCUT2D eigenvalue weighted by molar-refractivity contribution is 6.62. The summed E-state index contributed by atoms with van der Waals surface area (Å²) in [5.41, 5.74) is -0.0638. The minimum absolute atomic E-state index is 0.137. The van der Waals surface area contributed by atoms with E-state index in [1.54, 1.807) is 0 Å². The van der Waals surface area contributed by atoms with Gasteiger partial charge in [0.05, 0.1) is 18.8 Å². The molecule has 0 spiro atoms. The Kier molecular flexibility index (Phi) is 3.34. The number of methoxy groups -OCH3 is 1. The van der Waals surface area contributed by atoms with Crippen molar-refractivity contribution >= 4 is 12.6 Å². The minimum atomic E-state index is -1.01. The van der Waals surface area contributed by atoms with Gasteiger partial charge in [-0.25, -0.2) is 4.39 Å². The summed E-state index contributed by atoms with van der Waals surface area (Å²) in [6, 6.07) is 2.45. The molecule has 6 heteroatoms. The molecular weight excluding hydrogens is 241 g/mol. The van der Waals surface area contributed by atoms with Crippen LogP contribution in [-0.2, 0) is 9.31 Å². The van der Waals surface area contributed by atoms with E-state index in [4.69, 9.17) is 14.0 Å². The van der Waals surface area contributed by atoms with Crippen LogP contribution in [0.2, 0.25) is 0 Å². The molecule has 1 aromatic carbocycles. The average Bonchev–Trinajstić information content (AvgIpc) is 2.57. The molecule has 0 bridgehead atoms. The second-order valence-electron chi connectivity index (χ2n) is 4.85. The first-order chi connectivity index (χ1) is 8.35. The van der Waals surface area contributed by atoms with Crippen LogP contribution in [0.4, 0.5) is 8.78 Å². The van der Waals surface area contributed by atoms with Crippen LogP contribution in [0, 0.1) is 11.6 Å². The monoisotopic (exact) mass is 256 g/mol. The van der Waals surface area contributed by atoms with E-state index in [9.17, 15) is 8.78 Å². The third-order valence-electron chi connectivity index (χ3n) is 3.23. The number of benzene rings is 1. The van der Waals surface area contributed by atoms with Gasteiger partial charge in [0, 0.05) is 0 Å². The van der Waals surface area contributed by atoms with Gasteiger partial charge >= 0.3 is 7.12 Å². The van der Waals surface area contributed by atoms with Crippen molar-refractivity contribution in [3.05, 3.63) is 23.8 Å². The van der Waals surface area contributed by atoms with Crippen LogP contribution in [0.15, 0.2) is 12.1 Å². The van der Waals surface area contributed by atoms with Crippen LogP contribution in [0.3, 0.4) is 0 Å². The zero-order valence-corrected chi connectivity index (χ0v) is 10.8. The van der Waals surface area contributed by atoms with Gasteiger partial charge in [0.25, 0.3) is 0 Å². The first-order valence-electron chi connectivity index (χ1n) is 5.71. The van der Waals surface area contributed by atoms with Gasteiger partial charge in [-0.05, 0) is 38.4 Å². The molecule has 0 radical (unpaired) electrons. The zero-order chi connectivity index (χ0) is 13.5. The van der Waals surface area contributed by atoms with E-state index in [1.165, 1.54) is 13.2 Å². The standard InChI is InChI=1S/C12H15BF2O3/c1-7-12(2,3)18-13(17-7)8-5-9(14)11(15)10(6-8)16-4/h5-7H,1-4H3. The van der Waals surface area contributed by atoms with E-state index < -0.39 is 24.4 Å². The molecule has 1 heterocycles. The maximum absolute atomic E-state index is 13.4. The summed E-state index contributed by atoms with van der Waals surface area (Å²) >= 11 is 0. The van der Waals surface area contributed by atoms with E-state index in [1.807, 2.05) is 20.8 Å². The second-order valence-corrected chi connectivity index (χ2v) is 4.85. The molecule has 0 amide bonds. The van der Waals surface area contributed by atoms with E-state index >= 15 is 0 Å². The normalized spacial score (nSPS) is 22.3. The fourth-order valence-electron chi connectivity index (χ4n) is 1.76. The van der Waals surface area contributed by atoms with Gasteiger partial charge in [0.1, 0.15) is 0 Å². The lowest BCUT2D eigenvalue weighted by Gasteiger charge is -2.21. The predicted octanol–water partition coefficient (Wildman–Crippen LogP) is 1.88. The molecule has 98 valence electrons. The third kappa shape index (κ3) is 2.22. The topological polar surface area (TPSA) is 27.7 Å². The Hall–Kier alpha value is -1.14. The lowest BCUT2D eigenvalue weighted by atomic mass is 9.79. The molecule has 1 aromatic rings. The molecule has 1 aliphatic heterocycles. The summed E-state index contributed by atoms with van der Waals surface area (Å²) in [5, 5.41) is 0. The highest BCUT2D eigenvalue weighted by Crippen LogP contribution is 2.28. The minimum Gasteiger partial charge on any atom is -0.494 e. The van der Waals surface area contributed by atoms with Crippen molar-refractivity contribution < 1.29 is 22.8 Å². The largest absolute Gasteiger partial charge is 0.494 e. The van der Waals surface area contributed by atoms with Gasteiger partial charge in [-0.3, -0.25) is 0 Å². The highest BCUT2D eigenvalue weighted by Gasteiger charge is 2.44. The molecule has 1 saturated heterocycles. The maximum Gasteiger partial charge on any atom is 0.494 e. The van der Waals surface area contributed by atoms with Crippen LogP contribution in [-0.4, -0.2) is 25.9 Å². The summed E-state index contributed by atoms with van der Waals surface area (Å²) < 4.78 is 42.8. The smallest absolute Gasteiger partial charge is 0.494 e. The summed E-state index contributed by atoms with van der Waals surface area (Å²) in [6.45, 7) is 5.64. The van der Waals surface area contributed by atoms with E-state index in [2.05, 4.69) is 0 Å². The molecule has 3 nitrogen and oxygen atoms in total. The molecule has 0 N–H and O–H groups in total. The summed E-state index contributed by atoms with van der Waals surface area (Å²) in [6.07, 6.45) is -0.137. The summed E-state index contributed by atoms with van der Waals surface area (Å²) in [4.78, 5) is 0. The molecule has 0 saturated carbocycles. The Morgan fingerprint density at radius 1 is 1.33 bits per heavy atom. The fourth-order valence-corrected chi connectivity index (χ4v) is 1.76. The van der Waals surface area contributed by atoms with Crippen LogP contribution < -0.4 is 10.2 Å². The van der Waals surface area contributed by atoms with Crippen LogP contribution >= 0.6 is 0 Å². The van der Waals surface area contributed by atoms with Gasteiger partial charge in [-0.2, -0.15) is 4.39 Å². The quantitative estimate of drug-likeness (QED) is 0.756. The van der Waals surface area contributed by atoms with Crippen molar-refractivity contribution in [1.29, 1.82) is 0 Å². The Morgan fingerprint density at radius 3 is 2.50 bits per heavy atom. The zero-order valence-electron chi connectivity index (χ0n) is 10.8. The number of halogens is 2.